The van der Waals surface area contributed by atoms with Gasteiger partial charge < -0.3 is 19.6 Å². The topological polar surface area (TPSA) is 35.9 Å². The van der Waals surface area contributed by atoms with Gasteiger partial charge in [-0.3, -0.25) is 0 Å². The lowest BCUT2D eigenvalue weighted by molar-refractivity contribution is -0.0345. The maximum absolute atomic E-state index is 11.9. The molecule has 4 heteroatoms. The summed E-state index contributed by atoms with van der Waals surface area (Å²) < 4.78 is 6.16. The number of rotatable bonds is 12. The normalized spacial score (nSPS) is 20.6. The standard InChI is InChI=1S/C32H48N2O2/c1-3-4-7-13-27(2)25-33-20-22-34(23-21-33)26-31(32(35)18-10-6-11-19-32)28-14-12-17-30(24-28)36-29-15-8-5-9-16-29/h5,8-9,12,14-17,24,27,31,35H,3-4,6-7,10-11,13,18-23,25-26H2,1-2H3. The molecule has 1 heterocycles. The van der Waals surface area contributed by atoms with Gasteiger partial charge >= 0.3 is 0 Å². The second kappa shape index (κ2) is 13.6. The van der Waals surface area contributed by atoms with Crippen LogP contribution in [0.1, 0.15) is 83.1 Å². The first-order chi connectivity index (χ1) is 17.6. The molecule has 0 bridgehead atoms. The van der Waals surface area contributed by atoms with Crippen LogP contribution in [-0.4, -0.2) is 59.8 Å². The number of hydrogen-bond acceptors (Lipinski definition) is 4. The Labute approximate surface area is 219 Å². The van der Waals surface area contributed by atoms with Crippen molar-refractivity contribution in [3.8, 4) is 11.5 Å². The van der Waals surface area contributed by atoms with Crippen LogP contribution in [0.15, 0.2) is 54.6 Å². The van der Waals surface area contributed by atoms with Gasteiger partial charge in [0.05, 0.1) is 5.60 Å². The fourth-order valence-electron chi connectivity index (χ4n) is 6.20. The highest BCUT2D eigenvalue weighted by Gasteiger charge is 2.40. The van der Waals surface area contributed by atoms with Crippen LogP contribution in [0.5, 0.6) is 11.5 Å². The second-order valence-corrected chi connectivity index (χ2v) is 11.4. The third-order valence-electron chi connectivity index (χ3n) is 8.38. The van der Waals surface area contributed by atoms with E-state index >= 15 is 0 Å². The molecular weight excluding hydrogens is 444 g/mol. The zero-order chi connectivity index (χ0) is 25.2. The number of nitrogens with zero attached hydrogens (tertiary/aromatic N) is 2. The average molecular weight is 493 g/mol. The maximum atomic E-state index is 11.9. The maximum Gasteiger partial charge on any atom is 0.127 e. The molecule has 4 nitrogen and oxygen atoms in total. The fraction of sp³-hybridized carbons (Fsp3) is 0.625. The first kappa shape index (κ1) is 27.2. The molecule has 1 saturated carbocycles. The van der Waals surface area contributed by atoms with E-state index in [0.717, 1.165) is 75.8 Å². The summed E-state index contributed by atoms with van der Waals surface area (Å²) in [6.45, 7) is 11.3. The van der Waals surface area contributed by atoms with Gasteiger partial charge in [0.1, 0.15) is 11.5 Å². The molecule has 1 N–H and O–H groups in total. The van der Waals surface area contributed by atoms with Crippen molar-refractivity contribution >= 4 is 0 Å². The van der Waals surface area contributed by atoms with Crippen molar-refractivity contribution in [2.75, 3.05) is 39.3 Å². The van der Waals surface area contributed by atoms with E-state index in [1.54, 1.807) is 0 Å². The smallest absolute Gasteiger partial charge is 0.127 e. The van der Waals surface area contributed by atoms with E-state index in [9.17, 15) is 5.11 Å². The van der Waals surface area contributed by atoms with E-state index in [4.69, 9.17) is 4.74 Å². The van der Waals surface area contributed by atoms with Crippen molar-refractivity contribution in [1.29, 1.82) is 0 Å². The van der Waals surface area contributed by atoms with Crippen LogP contribution in [0, 0.1) is 5.92 Å². The molecule has 2 aromatic carbocycles. The Morgan fingerprint density at radius 3 is 2.19 bits per heavy atom. The van der Waals surface area contributed by atoms with E-state index < -0.39 is 5.60 Å². The molecule has 0 aromatic heterocycles. The lowest BCUT2D eigenvalue weighted by atomic mass is 9.72. The Hall–Kier alpha value is -1.88. The van der Waals surface area contributed by atoms with Crippen LogP contribution < -0.4 is 4.74 Å². The lowest BCUT2D eigenvalue weighted by Gasteiger charge is -2.44. The zero-order valence-electron chi connectivity index (χ0n) is 22.7. The summed E-state index contributed by atoms with van der Waals surface area (Å²) in [6.07, 6.45) is 10.7. The molecule has 2 unspecified atom stereocenters. The number of aliphatic hydroxyl groups is 1. The van der Waals surface area contributed by atoms with Crippen molar-refractivity contribution in [2.45, 2.75) is 83.2 Å². The summed E-state index contributed by atoms with van der Waals surface area (Å²) in [5.41, 5.74) is 0.578. The molecule has 2 aliphatic rings. The minimum atomic E-state index is -0.630. The van der Waals surface area contributed by atoms with Gasteiger partial charge in [-0.2, -0.15) is 0 Å². The largest absolute Gasteiger partial charge is 0.457 e. The highest BCUT2D eigenvalue weighted by Crippen LogP contribution is 2.41. The molecule has 198 valence electrons. The van der Waals surface area contributed by atoms with E-state index in [1.807, 2.05) is 36.4 Å². The minimum absolute atomic E-state index is 0.108. The molecule has 1 saturated heterocycles. The quantitative estimate of drug-likeness (QED) is 0.321. The summed E-state index contributed by atoms with van der Waals surface area (Å²) in [7, 11) is 0. The highest BCUT2D eigenvalue weighted by atomic mass is 16.5. The monoisotopic (exact) mass is 492 g/mol. The second-order valence-electron chi connectivity index (χ2n) is 11.4. The Morgan fingerprint density at radius 1 is 0.833 bits per heavy atom. The summed E-state index contributed by atoms with van der Waals surface area (Å²) in [4.78, 5) is 5.26. The number of hydrogen-bond donors (Lipinski definition) is 1. The fourth-order valence-corrected chi connectivity index (χ4v) is 6.20. The van der Waals surface area contributed by atoms with Crippen LogP contribution in [0.25, 0.3) is 0 Å². The van der Waals surface area contributed by atoms with Crippen LogP contribution in [0.3, 0.4) is 0 Å². The molecule has 2 fully saturated rings. The predicted octanol–water partition coefficient (Wildman–Crippen LogP) is 7.09. The highest BCUT2D eigenvalue weighted by molar-refractivity contribution is 5.36. The van der Waals surface area contributed by atoms with Gasteiger partial charge in [0.25, 0.3) is 0 Å². The predicted molar refractivity (Wildman–Crippen MR) is 150 cm³/mol. The van der Waals surface area contributed by atoms with Gasteiger partial charge in [0, 0.05) is 45.2 Å². The number of para-hydroxylation sites is 1. The van der Waals surface area contributed by atoms with Crippen LogP contribution in [0.2, 0.25) is 0 Å². The number of benzene rings is 2. The average Bonchev–Trinajstić information content (AvgIpc) is 2.89. The van der Waals surface area contributed by atoms with Crippen molar-refractivity contribution in [3.63, 3.8) is 0 Å². The molecule has 4 rings (SSSR count). The lowest BCUT2D eigenvalue weighted by Crippen LogP contribution is -2.51. The van der Waals surface area contributed by atoms with Gasteiger partial charge in [0.15, 0.2) is 0 Å². The third kappa shape index (κ3) is 7.81. The molecule has 1 aliphatic carbocycles. The van der Waals surface area contributed by atoms with Crippen LogP contribution in [0.4, 0.5) is 0 Å². The van der Waals surface area contributed by atoms with Gasteiger partial charge in [-0.1, -0.05) is 82.7 Å². The number of unbranched alkanes of at least 4 members (excludes halogenated alkanes) is 2. The molecule has 36 heavy (non-hydrogen) atoms. The van der Waals surface area contributed by atoms with Crippen molar-refractivity contribution < 1.29 is 9.84 Å². The van der Waals surface area contributed by atoms with E-state index in [2.05, 4.69) is 41.8 Å². The van der Waals surface area contributed by atoms with Crippen molar-refractivity contribution in [2.24, 2.45) is 5.92 Å². The van der Waals surface area contributed by atoms with Gasteiger partial charge in [-0.25, -0.2) is 0 Å². The van der Waals surface area contributed by atoms with Crippen LogP contribution >= 0.6 is 0 Å². The van der Waals surface area contributed by atoms with Crippen LogP contribution in [-0.2, 0) is 0 Å². The summed E-state index contributed by atoms with van der Waals surface area (Å²) in [5, 5.41) is 11.9. The minimum Gasteiger partial charge on any atom is -0.457 e. The summed E-state index contributed by atoms with van der Waals surface area (Å²) in [6, 6.07) is 18.5. The SMILES string of the molecule is CCCCCC(C)CN1CCN(CC(c2cccc(Oc3ccccc3)c2)C2(O)CCCCC2)CC1. The summed E-state index contributed by atoms with van der Waals surface area (Å²) in [5.74, 6) is 2.59. The number of ether oxygens (including phenoxy) is 1. The van der Waals surface area contributed by atoms with E-state index in [-0.39, 0.29) is 5.92 Å². The molecule has 2 atom stereocenters. The number of piperazine rings is 1. The molecule has 0 radical (unpaired) electrons. The van der Waals surface area contributed by atoms with Gasteiger partial charge in [-0.15, -0.1) is 0 Å². The Morgan fingerprint density at radius 2 is 1.50 bits per heavy atom. The first-order valence-electron chi connectivity index (χ1n) is 14.6. The van der Waals surface area contributed by atoms with Gasteiger partial charge in [0.2, 0.25) is 0 Å². The molecule has 1 aliphatic heterocycles. The van der Waals surface area contributed by atoms with E-state index in [1.165, 1.54) is 44.2 Å². The summed E-state index contributed by atoms with van der Waals surface area (Å²) >= 11 is 0. The van der Waals surface area contributed by atoms with E-state index in [0.29, 0.717) is 0 Å². The molecule has 2 aromatic rings. The Balaban J connectivity index is 1.40. The zero-order valence-corrected chi connectivity index (χ0v) is 22.7. The Bertz CT molecular complexity index is 888. The Kier molecular flexibility index (Phi) is 10.3. The molecular formula is C32H48N2O2. The molecule has 0 spiro atoms. The van der Waals surface area contributed by atoms with Crippen molar-refractivity contribution in [1.82, 2.24) is 9.80 Å². The van der Waals surface area contributed by atoms with Gasteiger partial charge in [-0.05, 0) is 55.0 Å². The third-order valence-corrected chi connectivity index (χ3v) is 8.38. The first-order valence-corrected chi connectivity index (χ1v) is 14.6. The molecule has 0 amide bonds. The van der Waals surface area contributed by atoms with Crippen molar-refractivity contribution in [3.05, 3.63) is 60.2 Å².